The van der Waals surface area contributed by atoms with Gasteiger partial charge >= 0.3 is 0 Å². The SMILES string of the molecule is CS(=O)(=O)c1ccc(-c2nnc(CCCl)s2)cc1. The first kappa shape index (κ1) is 13.5. The molecule has 2 aromatic rings. The molecule has 0 atom stereocenters. The van der Waals surface area contributed by atoms with Crippen molar-refractivity contribution < 1.29 is 8.42 Å². The molecule has 0 spiro atoms. The average molecular weight is 303 g/mol. The minimum atomic E-state index is -3.16. The summed E-state index contributed by atoms with van der Waals surface area (Å²) in [5, 5.41) is 9.73. The van der Waals surface area contributed by atoms with Crippen LogP contribution in [0, 0.1) is 0 Å². The summed E-state index contributed by atoms with van der Waals surface area (Å²) in [6.07, 6.45) is 1.88. The molecule has 18 heavy (non-hydrogen) atoms. The Bertz CT molecular complexity index is 635. The van der Waals surface area contributed by atoms with Gasteiger partial charge < -0.3 is 0 Å². The monoisotopic (exact) mass is 302 g/mol. The Hall–Kier alpha value is -0.980. The van der Waals surface area contributed by atoms with E-state index in [0.29, 0.717) is 17.2 Å². The summed E-state index contributed by atoms with van der Waals surface area (Å²) in [6.45, 7) is 0. The molecule has 0 aliphatic rings. The summed E-state index contributed by atoms with van der Waals surface area (Å²) in [4.78, 5) is 0.303. The van der Waals surface area contributed by atoms with Crippen molar-refractivity contribution in [2.24, 2.45) is 0 Å². The van der Waals surface area contributed by atoms with Gasteiger partial charge in [0.2, 0.25) is 0 Å². The van der Waals surface area contributed by atoms with Crippen molar-refractivity contribution in [2.75, 3.05) is 12.1 Å². The molecule has 1 heterocycles. The standard InChI is InChI=1S/C11H11ClN2O2S2/c1-18(15,16)9-4-2-8(3-5-9)11-14-13-10(17-11)6-7-12/h2-5H,6-7H2,1H3. The molecule has 1 aromatic heterocycles. The molecule has 0 unspecified atom stereocenters. The van der Waals surface area contributed by atoms with Crippen molar-refractivity contribution >= 4 is 32.8 Å². The van der Waals surface area contributed by atoms with Crippen LogP contribution in [0.2, 0.25) is 0 Å². The van der Waals surface area contributed by atoms with Crippen molar-refractivity contribution in [3.8, 4) is 10.6 Å². The molecule has 7 heteroatoms. The van der Waals surface area contributed by atoms with Gasteiger partial charge in [-0.3, -0.25) is 0 Å². The number of aromatic nitrogens is 2. The third kappa shape index (κ3) is 3.07. The van der Waals surface area contributed by atoms with E-state index in [4.69, 9.17) is 11.6 Å². The minimum absolute atomic E-state index is 0.303. The maximum atomic E-state index is 11.3. The van der Waals surface area contributed by atoms with E-state index >= 15 is 0 Å². The van der Waals surface area contributed by atoms with Crippen molar-refractivity contribution in [2.45, 2.75) is 11.3 Å². The number of hydrogen-bond donors (Lipinski definition) is 0. The Balaban J connectivity index is 2.28. The van der Waals surface area contributed by atoms with E-state index in [-0.39, 0.29) is 0 Å². The predicted molar refractivity (Wildman–Crippen MR) is 72.9 cm³/mol. The van der Waals surface area contributed by atoms with E-state index in [1.165, 1.54) is 17.6 Å². The predicted octanol–water partition coefficient (Wildman–Crippen LogP) is 2.39. The highest BCUT2D eigenvalue weighted by Crippen LogP contribution is 2.25. The van der Waals surface area contributed by atoms with Crippen LogP contribution < -0.4 is 0 Å². The molecule has 0 amide bonds. The van der Waals surface area contributed by atoms with Crippen LogP contribution in [0.5, 0.6) is 0 Å². The molecular formula is C11H11ClN2O2S2. The van der Waals surface area contributed by atoms with Gasteiger partial charge in [0.25, 0.3) is 0 Å². The van der Waals surface area contributed by atoms with Crippen LogP contribution in [0.25, 0.3) is 10.6 Å². The van der Waals surface area contributed by atoms with Gasteiger partial charge in [-0.25, -0.2) is 8.42 Å². The molecule has 0 N–H and O–H groups in total. The van der Waals surface area contributed by atoms with Crippen molar-refractivity contribution in [1.29, 1.82) is 0 Å². The molecular weight excluding hydrogens is 292 g/mol. The fourth-order valence-electron chi connectivity index (χ4n) is 1.40. The second-order valence-corrected chi connectivity index (χ2v) is 7.19. The maximum Gasteiger partial charge on any atom is 0.175 e. The van der Waals surface area contributed by atoms with Crippen LogP contribution in [0.15, 0.2) is 29.2 Å². The van der Waals surface area contributed by atoms with Crippen LogP contribution in [-0.4, -0.2) is 30.8 Å². The third-order valence-electron chi connectivity index (χ3n) is 2.30. The molecule has 0 fully saturated rings. The first-order valence-corrected chi connectivity index (χ1v) is 8.44. The van der Waals surface area contributed by atoms with Gasteiger partial charge in [0, 0.05) is 24.1 Å². The van der Waals surface area contributed by atoms with Crippen LogP contribution >= 0.6 is 22.9 Å². The minimum Gasteiger partial charge on any atom is -0.224 e. The summed E-state index contributed by atoms with van der Waals surface area (Å²) in [7, 11) is -3.16. The first-order chi connectivity index (χ1) is 8.50. The Morgan fingerprint density at radius 2 is 1.89 bits per heavy atom. The topological polar surface area (TPSA) is 59.9 Å². The zero-order valence-electron chi connectivity index (χ0n) is 9.63. The maximum absolute atomic E-state index is 11.3. The Labute approximate surface area is 115 Å². The summed E-state index contributed by atoms with van der Waals surface area (Å²) in [5.74, 6) is 0.516. The lowest BCUT2D eigenvalue weighted by molar-refractivity contribution is 0.602. The number of sulfone groups is 1. The van der Waals surface area contributed by atoms with Gasteiger partial charge in [0.05, 0.1) is 4.90 Å². The largest absolute Gasteiger partial charge is 0.224 e. The summed E-state index contributed by atoms with van der Waals surface area (Å²) in [5.41, 5.74) is 0.862. The van der Waals surface area contributed by atoms with Gasteiger partial charge in [-0.2, -0.15) is 0 Å². The van der Waals surface area contributed by atoms with Gasteiger partial charge in [-0.1, -0.05) is 23.5 Å². The van der Waals surface area contributed by atoms with Crippen molar-refractivity contribution in [3.63, 3.8) is 0 Å². The van der Waals surface area contributed by atoms with Crippen molar-refractivity contribution in [3.05, 3.63) is 29.3 Å². The highest BCUT2D eigenvalue weighted by atomic mass is 35.5. The number of hydrogen-bond acceptors (Lipinski definition) is 5. The zero-order valence-corrected chi connectivity index (χ0v) is 12.0. The zero-order chi connectivity index (χ0) is 13.2. The first-order valence-electron chi connectivity index (χ1n) is 5.19. The highest BCUT2D eigenvalue weighted by molar-refractivity contribution is 7.90. The molecule has 0 radical (unpaired) electrons. The lowest BCUT2D eigenvalue weighted by atomic mass is 10.2. The normalized spacial score (nSPS) is 11.7. The van der Waals surface area contributed by atoms with E-state index in [1.54, 1.807) is 24.3 Å². The molecule has 2 rings (SSSR count). The van der Waals surface area contributed by atoms with Crippen LogP contribution in [-0.2, 0) is 16.3 Å². The van der Waals surface area contributed by atoms with E-state index < -0.39 is 9.84 Å². The molecule has 0 saturated heterocycles. The number of halogens is 1. The van der Waals surface area contributed by atoms with Crippen LogP contribution in [0.4, 0.5) is 0 Å². The van der Waals surface area contributed by atoms with Gasteiger partial charge in [0.15, 0.2) is 9.84 Å². The second-order valence-electron chi connectivity index (χ2n) is 3.74. The molecule has 96 valence electrons. The van der Waals surface area contributed by atoms with E-state index in [0.717, 1.165) is 15.6 Å². The van der Waals surface area contributed by atoms with E-state index in [2.05, 4.69) is 10.2 Å². The van der Waals surface area contributed by atoms with E-state index in [9.17, 15) is 8.42 Å². The van der Waals surface area contributed by atoms with E-state index in [1.807, 2.05) is 0 Å². The molecule has 4 nitrogen and oxygen atoms in total. The lowest BCUT2D eigenvalue weighted by Crippen LogP contribution is -1.96. The fourth-order valence-corrected chi connectivity index (χ4v) is 3.16. The molecule has 1 aromatic carbocycles. The summed E-state index contributed by atoms with van der Waals surface area (Å²) < 4.78 is 22.7. The molecule has 0 aliphatic carbocycles. The fraction of sp³-hybridized carbons (Fsp3) is 0.273. The van der Waals surface area contributed by atoms with Gasteiger partial charge in [-0.15, -0.1) is 21.8 Å². The molecule has 0 bridgehead atoms. The summed E-state index contributed by atoms with van der Waals surface area (Å²) >= 11 is 7.10. The number of benzene rings is 1. The number of rotatable bonds is 4. The molecule has 0 saturated carbocycles. The number of aryl methyl sites for hydroxylation is 1. The highest BCUT2D eigenvalue weighted by Gasteiger charge is 2.09. The second kappa shape index (κ2) is 5.34. The Morgan fingerprint density at radius 1 is 1.22 bits per heavy atom. The molecule has 0 aliphatic heterocycles. The Kier molecular flexibility index (Phi) is 3.99. The lowest BCUT2D eigenvalue weighted by Gasteiger charge is -1.99. The smallest absolute Gasteiger partial charge is 0.175 e. The summed E-state index contributed by atoms with van der Waals surface area (Å²) in [6, 6.07) is 6.63. The Morgan fingerprint density at radius 3 is 2.44 bits per heavy atom. The third-order valence-corrected chi connectivity index (χ3v) is 4.65. The quantitative estimate of drug-likeness (QED) is 0.814. The number of alkyl halides is 1. The van der Waals surface area contributed by atoms with Crippen molar-refractivity contribution in [1.82, 2.24) is 10.2 Å². The van der Waals surface area contributed by atoms with Gasteiger partial charge in [0.1, 0.15) is 10.0 Å². The van der Waals surface area contributed by atoms with Gasteiger partial charge in [-0.05, 0) is 12.1 Å². The van der Waals surface area contributed by atoms with Crippen LogP contribution in [0.1, 0.15) is 5.01 Å². The average Bonchev–Trinajstić information content (AvgIpc) is 2.77. The number of nitrogens with zero attached hydrogens (tertiary/aromatic N) is 2. The van der Waals surface area contributed by atoms with Crippen LogP contribution in [0.3, 0.4) is 0 Å².